The van der Waals surface area contributed by atoms with Gasteiger partial charge in [0.05, 0.1) is 19.7 Å². The number of rotatable bonds is 9. The molecule has 1 amide bonds. The predicted molar refractivity (Wildman–Crippen MR) is 118 cm³/mol. The van der Waals surface area contributed by atoms with Gasteiger partial charge < -0.3 is 19.9 Å². The third-order valence-corrected chi connectivity index (χ3v) is 3.90. The van der Waals surface area contributed by atoms with Gasteiger partial charge in [-0.25, -0.2) is 4.99 Å². The molecule has 1 aromatic rings. The van der Waals surface area contributed by atoms with Crippen LogP contribution in [0.1, 0.15) is 31.9 Å². The smallest absolute Gasteiger partial charge is 0.242 e. The van der Waals surface area contributed by atoms with Crippen LogP contribution in [0.4, 0.5) is 0 Å². The molecule has 148 valence electrons. The summed E-state index contributed by atoms with van der Waals surface area (Å²) in [4.78, 5) is 20.7. The zero-order valence-electron chi connectivity index (χ0n) is 16.6. The molecular formula is C19H33IN4O2. The average molecular weight is 476 g/mol. The molecule has 0 fully saturated rings. The first-order valence-electron chi connectivity index (χ1n) is 8.89. The molecule has 1 rings (SSSR count). The second-order valence-electron chi connectivity index (χ2n) is 5.85. The quantitative estimate of drug-likeness (QED) is 0.339. The molecule has 0 saturated carbocycles. The highest BCUT2D eigenvalue weighted by Gasteiger charge is 2.14. The van der Waals surface area contributed by atoms with E-state index in [2.05, 4.69) is 16.4 Å². The molecule has 0 unspecified atom stereocenters. The van der Waals surface area contributed by atoms with Crippen LogP contribution in [-0.4, -0.2) is 62.0 Å². The van der Waals surface area contributed by atoms with Gasteiger partial charge in [-0.3, -0.25) is 4.79 Å². The van der Waals surface area contributed by atoms with E-state index in [4.69, 9.17) is 4.74 Å². The van der Waals surface area contributed by atoms with Crippen LogP contribution in [0.2, 0.25) is 0 Å². The lowest BCUT2D eigenvalue weighted by Crippen LogP contribution is -2.45. The Morgan fingerprint density at radius 1 is 1.19 bits per heavy atom. The van der Waals surface area contributed by atoms with Crippen molar-refractivity contribution in [2.24, 2.45) is 4.99 Å². The maximum Gasteiger partial charge on any atom is 0.242 e. The van der Waals surface area contributed by atoms with E-state index in [9.17, 15) is 4.79 Å². The molecule has 0 aliphatic heterocycles. The summed E-state index contributed by atoms with van der Waals surface area (Å²) in [6.45, 7) is 9.69. The van der Waals surface area contributed by atoms with E-state index in [0.717, 1.165) is 36.7 Å². The maximum atomic E-state index is 12.3. The van der Waals surface area contributed by atoms with Crippen LogP contribution >= 0.6 is 24.0 Å². The molecule has 6 nitrogen and oxygen atoms in total. The van der Waals surface area contributed by atoms with Crippen LogP contribution in [-0.2, 0) is 22.7 Å². The third-order valence-electron chi connectivity index (χ3n) is 3.90. The molecule has 0 heterocycles. The Morgan fingerprint density at radius 3 is 2.42 bits per heavy atom. The van der Waals surface area contributed by atoms with Crippen molar-refractivity contribution in [1.82, 2.24) is 15.1 Å². The second kappa shape index (κ2) is 13.8. The lowest BCUT2D eigenvalue weighted by molar-refractivity contribution is -0.131. The van der Waals surface area contributed by atoms with Gasteiger partial charge in [0.15, 0.2) is 5.96 Å². The average Bonchev–Trinajstić information content (AvgIpc) is 2.60. The number of hydrogen-bond donors (Lipinski definition) is 1. The van der Waals surface area contributed by atoms with Crippen LogP contribution < -0.4 is 5.32 Å². The number of hydrogen-bond acceptors (Lipinski definition) is 3. The van der Waals surface area contributed by atoms with E-state index in [1.165, 1.54) is 0 Å². The molecule has 1 aromatic carbocycles. The highest BCUT2D eigenvalue weighted by atomic mass is 127. The molecule has 0 bridgehead atoms. The standard InChI is InChI=1S/C19H32N4O2.HI/c1-6-20-19(22(4)14-18(24)23(7-2)8-3)21-13-16-10-9-11-17(12-16)15-25-5;/h9-12H,6-8,13-15H2,1-5H3,(H,20,21);1H. The fraction of sp³-hybridized carbons (Fsp3) is 0.579. The van der Waals surface area contributed by atoms with Crippen LogP contribution in [0.25, 0.3) is 0 Å². The number of halogens is 1. The SMILES string of the molecule is CCNC(=NCc1cccc(COC)c1)N(C)CC(=O)N(CC)CC.I. The highest BCUT2D eigenvalue weighted by Crippen LogP contribution is 2.08. The zero-order chi connectivity index (χ0) is 18.7. The summed E-state index contributed by atoms with van der Waals surface area (Å²) >= 11 is 0. The van der Waals surface area contributed by atoms with Crippen LogP contribution in [0.3, 0.4) is 0 Å². The molecule has 0 spiro atoms. The van der Waals surface area contributed by atoms with E-state index >= 15 is 0 Å². The Balaban J connectivity index is 0.00000625. The maximum absolute atomic E-state index is 12.3. The van der Waals surface area contributed by atoms with Gasteiger partial charge in [-0.2, -0.15) is 0 Å². The van der Waals surface area contributed by atoms with Gasteiger partial charge in [-0.05, 0) is 31.9 Å². The van der Waals surface area contributed by atoms with Crippen molar-refractivity contribution < 1.29 is 9.53 Å². The summed E-state index contributed by atoms with van der Waals surface area (Å²) in [5.41, 5.74) is 2.25. The zero-order valence-corrected chi connectivity index (χ0v) is 18.9. The number of guanidine groups is 1. The van der Waals surface area contributed by atoms with E-state index < -0.39 is 0 Å². The number of aliphatic imine (C=N–C) groups is 1. The summed E-state index contributed by atoms with van der Waals surface area (Å²) < 4.78 is 5.17. The molecule has 0 radical (unpaired) electrons. The molecule has 0 aliphatic carbocycles. The lowest BCUT2D eigenvalue weighted by Gasteiger charge is -2.25. The van der Waals surface area contributed by atoms with E-state index in [0.29, 0.717) is 19.7 Å². The lowest BCUT2D eigenvalue weighted by atomic mass is 10.1. The first-order valence-corrected chi connectivity index (χ1v) is 8.89. The van der Waals surface area contributed by atoms with Gasteiger partial charge in [0.25, 0.3) is 0 Å². The van der Waals surface area contributed by atoms with Crippen molar-refractivity contribution in [2.75, 3.05) is 40.3 Å². The summed E-state index contributed by atoms with van der Waals surface area (Å²) in [6, 6.07) is 8.20. The monoisotopic (exact) mass is 476 g/mol. The normalized spacial score (nSPS) is 10.9. The molecule has 26 heavy (non-hydrogen) atoms. The van der Waals surface area contributed by atoms with Crippen LogP contribution in [0, 0.1) is 0 Å². The van der Waals surface area contributed by atoms with E-state index in [1.54, 1.807) is 7.11 Å². The minimum Gasteiger partial charge on any atom is -0.380 e. The molecule has 0 saturated heterocycles. The van der Waals surface area contributed by atoms with E-state index in [-0.39, 0.29) is 29.9 Å². The number of benzene rings is 1. The molecule has 7 heteroatoms. The Bertz CT molecular complexity index is 562. The van der Waals surface area contributed by atoms with Crippen molar-refractivity contribution >= 4 is 35.8 Å². The minimum atomic E-state index is 0. The topological polar surface area (TPSA) is 57.2 Å². The summed E-state index contributed by atoms with van der Waals surface area (Å²) in [7, 11) is 3.58. The number of methoxy groups -OCH3 is 1. The minimum absolute atomic E-state index is 0. The highest BCUT2D eigenvalue weighted by molar-refractivity contribution is 14.0. The summed E-state index contributed by atoms with van der Waals surface area (Å²) in [5.74, 6) is 0.848. The van der Waals surface area contributed by atoms with Crippen molar-refractivity contribution in [2.45, 2.75) is 33.9 Å². The first kappa shape index (κ1) is 24.7. The van der Waals surface area contributed by atoms with Crippen molar-refractivity contribution in [3.05, 3.63) is 35.4 Å². The summed E-state index contributed by atoms with van der Waals surface area (Å²) in [6.07, 6.45) is 0. The molecular weight excluding hydrogens is 443 g/mol. The second-order valence-corrected chi connectivity index (χ2v) is 5.85. The Labute approximate surface area is 175 Å². The fourth-order valence-corrected chi connectivity index (χ4v) is 2.57. The van der Waals surface area contributed by atoms with Crippen molar-refractivity contribution in [3.63, 3.8) is 0 Å². The Kier molecular flexibility index (Phi) is 13.1. The Morgan fingerprint density at radius 2 is 1.85 bits per heavy atom. The number of nitrogens with zero attached hydrogens (tertiary/aromatic N) is 3. The van der Waals surface area contributed by atoms with E-state index in [1.807, 2.05) is 55.8 Å². The number of nitrogens with one attached hydrogen (secondary N) is 1. The van der Waals surface area contributed by atoms with Crippen LogP contribution in [0.15, 0.2) is 29.3 Å². The third kappa shape index (κ3) is 8.35. The number of carbonyl (C=O) groups is 1. The predicted octanol–water partition coefficient (Wildman–Crippen LogP) is 2.72. The van der Waals surface area contributed by atoms with Gasteiger partial charge >= 0.3 is 0 Å². The largest absolute Gasteiger partial charge is 0.380 e. The van der Waals surface area contributed by atoms with Gasteiger partial charge in [0.2, 0.25) is 5.91 Å². The van der Waals surface area contributed by atoms with Crippen molar-refractivity contribution in [3.8, 4) is 0 Å². The molecule has 0 aliphatic rings. The molecule has 0 atom stereocenters. The first-order chi connectivity index (χ1) is 12.0. The van der Waals surface area contributed by atoms with Crippen LogP contribution in [0.5, 0.6) is 0 Å². The van der Waals surface area contributed by atoms with Gasteiger partial charge in [0, 0.05) is 33.8 Å². The van der Waals surface area contributed by atoms with Gasteiger partial charge in [-0.15, -0.1) is 24.0 Å². The van der Waals surface area contributed by atoms with Crippen molar-refractivity contribution in [1.29, 1.82) is 0 Å². The molecule has 0 aromatic heterocycles. The number of ether oxygens (including phenoxy) is 1. The molecule has 1 N–H and O–H groups in total. The Hall–Kier alpha value is -1.35. The van der Waals surface area contributed by atoms with Gasteiger partial charge in [0.1, 0.15) is 0 Å². The van der Waals surface area contributed by atoms with Gasteiger partial charge in [-0.1, -0.05) is 24.3 Å². The number of amides is 1. The fourth-order valence-electron chi connectivity index (χ4n) is 2.57. The summed E-state index contributed by atoms with van der Waals surface area (Å²) in [5, 5.41) is 3.25. The number of carbonyl (C=O) groups excluding carboxylic acids is 1. The number of likely N-dealkylation sites (N-methyl/N-ethyl adjacent to an activating group) is 2.